The molecule has 0 aliphatic carbocycles. The third kappa shape index (κ3) is 6.65. The topological polar surface area (TPSA) is 84.7 Å². The monoisotopic (exact) mass is 279 g/mol. The van der Waals surface area contributed by atoms with E-state index in [0.717, 1.165) is 39.3 Å². The Kier molecular flexibility index (Phi) is 7.10. The molecule has 18 heavy (non-hydrogen) atoms. The molecule has 0 aromatic rings. The van der Waals surface area contributed by atoms with Crippen LogP contribution < -0.4 is 10.5 Å². The molecule has 0 bridgehead atoms. The molecule has 0 amide bonds. The van der Waals surface area contributed by atoms with E-state index in [1.54, 1.807) is 0 Å². The number of nitrogens with one attached hydrogen (secondary N) is 1. The lowest BCUT2D eigenvalue weighted by molar-refractivity contribution is 0.0354. The molecule has 1 unspecified atom stereocenters. The molecule has 108 valence electrons. The van der Waals surface area contributed by atoms with Crippen molar-refractivity contribution in [3.05, 3.63) is 0 Å². The lowest BCUT2D eigenvalue weighted by Gasteiger charge is -2.29. The van der Waals surface area contributed by atoms with Crippen LogP contribution in [0.3, 0.4) is 0 Å². The summed E-state index contributed by atoms with van der Waals surface area (Å²) in [5.74, 6) is 0.164. The molecule has 0 saturated carbocycles. The summed E-state index contributed by atoms with van der Waals surface area (Å²) in [6.07, 6.45) is 1.37. The van der Waals surface area contributed by atoms with Crippen molar-refractivity contribution in [2.24, 2.45) is 5.73 Å². The average molecular weight is 279 g/mol. The summed E-state index contributed by atoms with van der Waals surface area (Å²) in [5, 5.41) is 0. The number of hydrogen-bond donors (Lipinski definition) is 2. The highest BCUT2D eigenvalue weighted by Gasteiger charge is 2.18. The SMILES string of the molecule is CC(CN1CCOCC1)NS(=O)(=O)CCCCN. The van der Waals surface area contributed by atoms with E-state index in [9.17, 15) is 8.42 Å². The van der Waals surface area contributed by atoms with Crippen molar-refractivity contribution in [3.8, 4) is 0 Å². The quantitative estimate of drug-likeness (QED) is 0.578. The number of unbranched alkanes of at least 4 members (excludes halogenated alkanes) is 1. The van der Waals surface area contributed by atoms with E-state index in [2.05, 4.69) is 9.62 Å². The van der Waals surface area contributed by atoms with E-state index in [4.69, 9.17) is 10.5 Å². The highest BCUT2D eigenvalue weighted by molar-refractivity contribution is 7.89. The number of rotatable bonds is 8. The summed E-state index contributed by atoms with van der Waals surface area (Å²) in [7, 11) is -3.17. The fourth-order valence-corrected chi connectivity index (χ4v) is 3.40. The van der Waals surface area contributed by atoms with Crippen molar-refractivity contribution in [2.45, 2.75) is 25.8 Å². The standard InChI is InChI=1S/C11H25N3O3S/c1-11(10-14-5-7-17-8-6-14)13-18(15,16)9-3-2-4-12/h11,13H,2-10,12H2,1H3. The summed E-state index contributed by atoms with van der Waals surface area (Å²) in [6, 6.07) is -0.0639. The molecule has 3 N–H and O–H groups in total. The van der Waals surface area contributed by atoms with Gasteiger partial charge in [0.1, 0.15) is 0 Å². The normalized spacial score (nSPS) is 19.9. The van der Waals surface area contributed by atoms with Crippen LogP contribution in [0.1, 0.15) is 19.8 Å². The smallest absolute Gasteiger partial charge is 0.211 e. The summed E-state index contributed by atoms with van der Waals surface area (Å²) in [4.78, 5) is 2.22. The molecule has 7 heteroatoms. The third-order valence-electron chi connectivity index (χ3n) is 2.88. The van der Waals surface area contributed by atoms with Crippen LogP contribution >= 0.6 is 0 Å². The van der Waals surface area contributed by atoms with Crippen LogP contribution in [0.4, 0.5) is 0 Å². The lowest BCUT2D eigenvalue weighted by Crippen LogP contribution is -2.46. The first kappa shape index (κ1) is 15.8. The van der Waals surface area contributed by atoms with Crippen molar-refractivity contribution in [1.82, 2.24) is 9.62 Å². The maximum Gasteiger partial charge on any atom is 0.211 e. The van der Waals surface area contributed by atoms with E-state index in [-0.39, 0.29) is 11.8 Å². The van der Waals surface area contributed by atoms with Crippen molar-refractivity contribution >= 4 is 10.0 Å². The Labute approximate surface area is 110 Å². The minimum absolute atomic E-state index is 0.0639. The Hall–Kier alpha value is -0.210. The molecule has 0 aromatic heterocycles. The molecule has 1 atom stereocenters. The van der Waals surface area contributed by atoms with Gasteiger partial charge < -0.3 is 10.5 Å². The molecule has 0 radical (unpaired) electrons. The second-order valence-corrected chi connectivity index (χ2v) is 6.62. The summed E-state index contributed by atoms with van der Waals surface area (Å²) in [5.41, 5.74) is 5.35. The Morgan fingerprint density at radius 1 is 1.33 bits per heavy atom. The summed E-state index contributed by atoms with van der Waals surface area (Å²) < 4.78 is 31.5. The van der Waals surface area contributed by atoms with Gasteiger partial charge in [-0.2, -0.15) is 0 Å². The predicted octanol–water partition coefficient (Wildman–Crippen LogP) is -0.635. The molecule has 1 fully saturated rings. The number of sulfonamides is 1. The number of ether oxygens (including phenoxy) is 1. The fourth-order valence-electron chi connectivity index (χ4n) is 2.01. The first-order valence-electron chi connectivity index (χ1n) is 6.53. The van der Waals surface area contributed by atoms with Gasteiger partial charge in [0.15, 0.2) is 0 Å². The molecule has 1 rings (SSSR count). The van der Waals surface area contributed by atoms with Gasteiger partial charge in [-0.25, -0.2) is 13.1 Å². The molecular weight excluding hydrogens is 254 g/mol. The number of hydrogen-bond acceptors (Lipinski definition) is 5. The van der Waals surface area contributed by atoms with E-state index in [1.165, 1.54) is 0 Å². The molecule has 1 aliphatic heterocycles. The molecule has 0 aromatic carbocycles. The van der Waals surface area contributed by atoms with Gasteiger partial charge in [0, 0.05) is 25.7 Å². The van der Waals surface area contributed by atoms with Gasteiger partial charge in [-0.05, 0) is 26.3 Å². The van der Waals surface area contributed by atoms with Crippen LogP contribution in [0.25, 0.3) is 0 Å². The second-order valence-electron chi connectivity index (χ2n) is 4.75. The number of morpholine rings is 1. The first-order chi connectivity index (χ1) is 8.53. The van der Waals surface area contributed by atoms with E-state index >= 15 is 0 Å². The Morgan fingerprint density at radius 2 is 2.00 bits per heavy atom. The van der Waals surface area contributed by atoms with Gasteiger partial charge in [-0.1, -0.05) is 0 Å². The lowest BCUT2D eigenvalue weighted by atomic mass is 10.3. The molecule has 1 heterocycles. The zero-order chi connectivity index (χ0) is 13.4. The maximum absolute atomic E-state index is 11.8. The third-order valence-corrected chi connectivity index (χ3v) is 4.47. The van der Waals surface area contributed by atoms with Crippen LogP contribution in [-0.2, 0) is 14.8 Å². The molecule has 0 spiro atoms. The van der Waals surface area contributed by atoms with E-state index in [1.807, 2.05) is 6.92 Å². The van der Waals surface area contributed by atoms with Crippen LogP contribution in [-0.4, -0.2) is 64.5 Å². The van der Waals surface area contributed by atoms with Gasteiger partial charge in [0.2, 0.25) is 10.0 Å². The van der Waals surface area contributed by atoms with E-state index < -0.39 is 10.0 Å². The van der Waals surface area contributed by atoms with Crippen molar-refractivity contribution in [1.29, 1.82) is 0 Å². The second kappa shape index (κ2) is 8.06. The molecule has 1 saturated heterocycles. The first-order valence-corrected chi connectivity index (χ1v) is 8.19. The minimum atomic E-state index is -3.17. The Morgan fingerprint density at radius 3 is 2.61 bits per heavy atom. The van der Waals surface area contributed by atoms with Gasteiger partial charge in [0.05, 0.1) is 19.0 Å². The molecular formula is C11H25N3O3S. The molecule has 6 nitrogen and oxygen atoms in total. The van der Waals surface area contributed by atoms with Gasteiger partial charge in [0.25, 0.3) is 0 Å². The van der Waals surface area contributed by atoms with Crippen LogP contribution in [0.2, 0.25) is 0 Å². The Balaban J connectivity index is 2.26. The zero-order valence-electron chi connectivity index (χ0n) is 11.1. The van der Waals surface area contributed by atoms with Crippen molar-refractivity contribution in [2.75, 3.05) is 45.1 Å². The van der Waals surface area contributed by atoms with Gasteiger partial charge >= 0.3 is 0 Å². The van der Waals surface area contributed by atoms with Crippen LogP contribution in [0.5, 0.6) is 0 Å². The average Bonchev–Trinajstić information content (AvgIpc) is 2.29. The van der Waals surface area contributed by atoms with Gasteiger partial charge in [-0.3, -0.25) is 4.90 Å². The largest absolute Gasteiger partial charge is 0.379 e. The van der Waals surface area contributed by atoms with Crippen LogP contribution in [0, 0.1) is 0 Å². The van der Waals surface area contributed by atoms with Crippen molar-refractivity contribution < 1.29 is 13.2 Å². The Bertz CT molecular complexity index is 315. The summed E-state index contributed by atoms with van der Waals surface area (Å²) in [6.45, 7) is 6.39. The van der Waals surface area contributed by atoms with Crippen LogP contribution in [0.15, 0.2) is 0 Å². The molecule has 1 aliphatic rings. The van der Waals surface area contributed by atoms with E-state index in [0.29, 0.717) is 13.0 Å². The highest BCUT2D eigenvalue weighted by Crippen LogP contribution is 2.01. The fraction of sp³-hybridized carbons (Fsp3) is 1.00. The van der Waals surface area contributed by atoms with Crippen molar-refractivity contribution in [3.63, 3.8) is 0 Å². The zero-order valence-corrected chi connectivity index (χ0v) is 11.9. The number of nitrogens with two attached hydrogens (primary N) is 1. The minimum Gasteiger partial charge on any atom is -0.379 e. The van der Waals surface area contributed by atoms with Gasteiger partial charge in [-0.15, -0.1) is 0 Å². The summed E-state index contributed by atoms with van der Waals surface area (Å²) >= 11 is 0. The highest BCUT2D eigenvalue weighted by atomic mass is 32.2. The number of nitrogens with zero attached hydrogens (tertiary/aromatic N) is 1. The predicted molar refractivity (Wildman–Crippen MR) is 71.9 cm³/mol. The maximum atomic E-state index is 11.8.